The largest absolute Gasteiger partial charge is 0.495 e. The lowest BCUT2D eigenvalue weighted by Gasteiger charge is -2.11. The van der Waals surface area contributed by atoms with E-state index < -0.39 is 0 Å². The quantitative estimate of drug-likeness (QED) is 0.886. The summed E-state index contributed by atoms with van der Waals surface area (Å²) >= 11 is 0. The van der Waals surface area contributed by atoms with Gasteiger partial charge in [-0.05, 0) is 31.9 Å². The first-order valence-corrected chi connectivity index (χ1v) is 7.22. The summed E-state index contributed by atoms with van der Waals surface area (Å²) < 4.78 is 5.30. The molecule has 1 saturated carbocycles. The first-order valence-electron chi connectivity index (χ1n) is 7.22. The Hall–Kier alpha value is -2.63. The summed E-state index contributed by atoms with van der Waals surface area (Å²) in [4.78, 5) is 20.6. The number of carbonyl (C=O) groups excluding carboxylic acids is 1. The van der Waals surface area contributed by atoms with Crippen molar-refractivity contribution in [3.63, 3.8) is 0 Å². The first-order chi connectivity index (χ1) is 10.7. The molecule has 0 radical (unpaired) electrons. The van der Waals surface area contributed by atoms with E-state index in [2.05, 4.69) is 20.6 Å². The molecule has 2 N–H and O–H groups in total. The van der Waals surface area contributed by atoms with Crippen molar-refractivity contribution in [3.05, 3.63) is 41.9 Å². The minimum absolute atomic E-state index is 0.156. The lowest BCUT2D eigenvalue weighted by atomic mass is 10.3. The fourth-order valence-electron chi connectivity index (χ4n) is 2.12. The zero-order chi connectivity index (χ0) is 15.5. The maximum absolute atomic E-state index is 12.1. The van der Waals surface area contributed by atoms with Crippen molar-refractivity contribution in [1.29, 1.82) is 0 Å². The van der Waals surface area contributed by atoms with Gasteiger partial charge in [-0.25, -0.2) is 9.97 Å². The zero-order valence-corrected chi connectivity index (χ0v) is 12.6. The molecule has 22 heavy (non-hydrogen) atoms. The molecule has 0 unspecified atom stereocenters. The van der Waals surface area contributed by atoms with Crippen molar-refractivity contribution < 1.29 is 9.53 Å². The number of methoxy groups -OCH3 is 1. The van der Waals surface area contributed by atoms with Gasteiger partial charge in [0.05, 0.1) is 12.8 Å². The molecule has 2 aromatic rings. The van der Waals surface area contributed by atoms with E-state index in [0.717, 1.165) is 18.5 Å². The van der Waals surface area contributed by atoms with E-state index in [1.54, 1.807) is 20.1 Å². The number of benzene rings is 1. The number of ether oxygens (including phenoxy) is 1. The minimum Gasteiger partial charge on any atom is -0.495 e. The molecule has 3 rings (SSSR count). The summed E-state index contributed by atoms with van der Waals surface area (Å²) in [6.07, 6.45) is 2.09. The van der Waals surface area contributed by atoms with Gasteiger partial charge in [-0.3, -0.25) is 4.79 Å². The number of aromatic nitrogens is 2. The van der Waals surface area contributed by atoms with Crippen LogP contribution < -0.4 is 15.4 Å². The molecule has 0 bridgehead atoms. The van der Waals surface area contributed by atoms with Gasteiger partial charge in [-0.15, -0.1) is 0 Å². The highest BCUT2D eigenvalue weighted by atomic mass is 16.5. The molecule has 1 fully saturated rings. The lowest BCUT2D eigenvalue weighted by Crippen LogP contribution is -2.26. The fourth-order valence-corrected chi connectivity index (χ4v) is 2.12. The molecule has 1 amide bonds. The van der Waals surface area contributed by atoms with E-state index in [4.69, 9.17) is 4.74 Å². The molecule has 1 aliphatic carbocycles. The summed E-state index contributed by atoms with van der Waals surface area (Å²) in [6, 6.07) is 9.49. The van der Waals surface area contributed by atoms with Crippen LogP contribution in [0.3, 0.4) is 0 Å². The molecule has 0 spiro atoms. The number of hydrogen-bond acceptors (Lipinski definition) is 5. The number of nitrogens with one attached hydrogen (secondary N) is 2. The Morgan fingerprint density at radius 1 is 1.27 bits per heavy atom. The molecule has 1 aromatic carbocycles. The second-order valence-corrected chi connectivity index (χ2v) is 5.26. The second-order valence-electron chi connectivity index (χ2n) is 5.26. The van der Waals surface area contributed by atoms with Gasteiger partial charge in [0, 0.05) is 12.1 Å². The van der Waals surface area contributed by atoms with Crippen molar-refractivity contribution in [2.45, 2.75) is 25.8 Å². The lowest BCUT2D eigenvalue weighted by molar-refractivity contribution is 0.0945. The number of carbonyl (C=O) groups is 1. The van der Waals surface area contributed by atoms with Crippen molar-refractivity contribution in [2.75, 3.05) is 12.4 Å². The van der Waals surface area contributed by atoms with Crippen LogP contribution in [0.15, 0.2) is 30.3 Å². The third kappa shape index (κ3) is 3.33. The molecular formula is C16H18N4O2. The molecule has 1 aliphatic rings. The maximum atomic E-state index is 12.1. The first kappa shape index (κ1) is 14.3. The van der Waals surface area contributed by atoms with Crippen LogP contribution in [-0.2, 0) is 0 Å². The number of rotatable bonds is 5. The van der Waals surface area contributed by atoms with E-state index in [1.165, 1.54) is 0 Å². The highest BCUT2D eigenvalue weighted by molar-refractivity contribution is 5.93. The molecule has 0 saturated heterocycles. The average molecular weight is 298 g/mol. The van der Waals surface area contributed by atoms with Crippen LogP contribution >= 0.6 is 0 Å². The Morgan fingerprint density at radius 3 is 2.77 bits per heavy atom. The van der Waals surface area contributed by atoms with Gasteiger partial charge in [0.15, 0.2) is 0 Å². The predicted molar refractivity (Wildman–Crippen MR) is 83.5 cm³/mol. The Bertz CT molecular complexity index is 698. The smallest absolute Gasteiger partial charge is 0.270 e. The standard InChI is InChI=1S/C16H18N4O2/c1-10-17-13(16(21)19-11-7-8-11)9-15(18-10)20-12-5-3-4-6-14(12)22-2/h3-6,9,11H,7-8H2,1-2H3,(H,19,21)(H,17,18,20). The monoisotopic (exact) mass is 298 g/mol. The number of anilines is 2. The topological polar surface area (TPSA) is 76.1 Å². The van der Waals surface area contributed by atoms with Crippen LogP contribution in [0.25, 0.3) is 0 Å². The molecule has 0 atom stereocenters. The van der Waals surface area contributed by atoms with Crippen LogP contribution in [0, 0.1) is 6.92 Å². The van der Waals surface area contributed by atoms with Crippen LogP contribution in [0.1, 0.15) is 29.2 Å². The third-order valence-electron chi connectivity index (χ3n) is 3.35. The van der Waals surface area contributed by atoms with E-state index in [-0.39, 0.29) is 5.91 Å². The fraction of sp³-hybridized carbons (Fsp3) is 0.312. The van der Waals surface area contributed by atoms with Gasteiger partial charge >= 0.3 is 0 Å². The summed E-state index contributed by atoms with van der Waals surface area (Å²) in [7, 11) is 1.61. The molecular weight excluding hydrogens is 280 g/mol. The van der Waals surface area contributed by atoms with Crippen LogP contribution in [0.5, 0.6) is 5.75 Å². The summed E-state index contributed by atoms with van der Waals surface area (Å²) in [5.74, 6) is 1.66. The average Bonchev–Trinajstić information content (AvgIpc) is 3.31. The van der Waals surface area contributed by atoms with E-state index in [9.17, 15) is 4.79 Å². The van der Waals surface area contributed by atoms with E-state index in [0.29, 0.717) is 29.1 Å². The molecule has 114 valence electrons. The summed E-state index contributed by atoms with van der Waals surface area (Å²) in [6.45, 7) is 1.77. The highest BCUT2D eigenvalue weighted by Gasteiger charge is 2.24. The van der Waals surface area contributed by atoms with Crippen LogP contribution in [0.4, 0.5) is 11.5 Å². The number of aryl methyl sites for hydroxylation is 1. The van der Waals surface area contributed by atoms with Gasteiger partial charge in [-0.2, -0.15) is 0 Å². The van der Waals surface area contributed by atoms with E-state index >= 15 is 0 Å². The van der Waals surface area contributed by atoms with Crippen LogP contribution in [-0.4, -0.2) is 29.0 Å². The Labute approximate surface area is 128 Å². The summed E-state index contributed by atoms with van der Waals surface area (Å²) in [5.41, 5.74) is 1.16. The Kier molecular flexibility index (Phi) is 3.91. The van der Waals surface area contributed by atoms with Crippen molar-refractivity contribution in [1.82, 2.24) is 15.3 Å². The van der Waals surface area contributed by atoms with Gasteiger partial charge in [0.2, 0.25) is 0 Å². The number of amides is 1. The molecule has 0 aliphatic heterocycles. The van der Waals surface area contributed by atoms with E-state index in [1.807, 2.05) is 24.3 Å². The molecule has 6 nitrogen and oxygen atoms in total. The van der Waals surface area contributed by atoms with Crippen molar-refractivity contribution in [2.24, 2.45) is 0 Å². The molecule has 1 aromatic heterocycles. The normalized spacial score (nSPS) is 13.5. The number of para-hydroxylation sites is 2. The van der Waals surface area contributed by atoms with Crippen molar-refractivity contribution in [3.8, 4) is 5.75 Å². The second kappa shape index (κ2) is 6.01. The third-order valence-corrected chi connectivity index (χ3v) is 3.35. The van der Waals surface area contributed by atoms with Gasteiger partial charge in [0.1, 0.15) is 23.1 Å². The summed E-state index contributed by atoms with van der Waals surface area (Å²) in [5, 5.41) is 6.10. The molecule has 6 heteroatoms. The molecule has 1 heterocycles. The number of hydrogen-bond donors (Lipinski definition) is 2. The Balaban J connectivity index is 1.84. The minimum atomic E-state index is -0.156. The highest BCUT2D eigenvalue weighted by Crippen LogP contribution is 2.26. The predicted octanol–water partition coefficient (Wildman–Crippen LogP) is 2.43. The Morgan fingerprint density at radius 2 is 2.05 bits per heavy atom. The van der Waals surface area contributed by atoms with Crippen LogP contribution in [0.2, 0.25) is 0 Å². The van der Waals surface area contributed by atoms with Gasteiger partial charge in [-0.1, -0.05) is 12.1 Å². The van der Waals surface area contributed by atoms with Gasteiger partial charge < -0.3 is 15.4 Å². The zero-order valence-electron chi connectivity index (χ0n) is 12.6. The van der Waals surface area contributed by atoms with Gasteiger partial charge in [0.25, 0.3) is 5.91 Å². The van der Waals surface area contributed by atoms with Crippen molar-refractivity contribution >= 4 is 17.4 Å². The maximum Gasteiger partial charge on any atom is 0.270 e. The number of nitrogens with zero attached hydrogens (tertiary/aromatic N) is 2. The SMILES string of the molecule is COc1ccccc1Nc1cc(C(=O)NC2CC2)nc(C)n1.